The van der Waals surface area contributed by atoms with E-state index >= 15 is 0 Å². The minimum Gasteiger partial charge on any atom is -0.490 e. The zero-order valence-corrected chi connectivity index (χ0v) is 15.1. The Bertz CT molecular complexity index is 549. The molecule has 1 aliphatic rings. The summed E-state index contributed by atoms with van der Waals surface area (Å²) in [5.74, 6) is 0.931. The molecule has 4 nitrogen and oxygen atoms in total. The summed E-state index contributed by atoms with van der Waals surface area (Å²) < 4.78 is 5.97. The Kier molecular flexibility index (Phi) is 6.19. The average molecular weight is 318 g/mol. The molecule has 23 heavy (non-hydrogen) atoms. The fourth-order valence-corrected chi connectivity index (χ4v) is 3.09. The first-order valence-electron chi connectivity index (χ1n) is 8.64. The van der Waals surface area contributed by atoms with Gasteiger partial charge in [0.15, 0.2) is 5.78 Å². The molecule has 128 valence electrons. The van der Waals surface area contributed by atoms with Crippen LogP contribution in [0.15, 0.2) is 12.1 Å². The highest BCUT2D eigenvalue weighted by atomic mass is 16.5. The molecule has 1 unspecified atom stereocenters. The number of aryl methyl sites for hydroxylation is 2. The second kappa shape index (κ2) is 7.93. The molecule has 4 heteroatoms. The van der Waals surface area contributed by atoms with E-state index in [1.54, 1.807) is 0 Å². The van der Waals surface area contributed by atoms with Crippen molar-refractivity contribution in [3.63, 3.8) is 0 Å². The van der Waals surface area contributed by atoms with Gasteiger partial charge in [0.1, 0.15) is 5.75 Å². The molecule has 0 aliphatic carbocycles. The molecular weight excluding hydrogens is 288 g/mol. The fourth-order valence-electron chi connectivity index (χ4n) is 3.09. The third-order valence-corrected chi connectivity index (χ3v) is 4.35. The lowest BCUT2D eigenvalue weighted by atomic mass is 9.92. The predicted octanol–water partition coefficient (Wildman–Crippen LogP) is 2.81. The minimum absolute atomic E-state index is 0.0249. The molecule has 1 aromatic rings. The molecule has 1 saturated heterocycles. The van der Waals surface area contributed by atoms with Crippen LogP contribution in [0.3, 0.4) is 0 Å². The van der Waals surface area contributed by atoms with Crippen molar-refractivity contribution >= 4 is 5.78 Å². The van der Waals surface area contributed by atoms with Crippen LogP contribution in [-0.4, -0.2) is 49.5 Å². The van der Waals surface area contributed by atoms with E-state index in [1.165, 1.54) is 0 Å². The quantitative estimate of drug-likeness (QED) is 0.819. The van der Waals surface area contributed by atoms with Crippen LogP contribution in [0.25, 0.3) is 0 Å². The maximum atomic E-state index is 13.1. The van der Waals surface area contributed by atoms with Crippen LogP contribution in [0.2, 0.25) is 0 Å². The highest BCUT2D eigenvalue weighted by Gasteiger charge is 2.25. The summed E-state index contributed by atoms with van der Waals surface area (Å²) in [4.78, 5) is 15.4. The number of carbonyl (C=O) groups excluding carboxylic acids is 1. The standard InChI is InChI=1S/C19H30N2O2/c1-13(2)23-19-15(4)7-6-14(3)17(19)18(22)16(5)12-21-10-8-20-9-11-21/h6-7,13,16,20H,8-12H2,1-5H3. The van der Waals surface area contributed by atoms with Crippen LogP contribution in [0.5, 0.6) is 5.75 Å². The number of ketones is 1. The van der Waals surface area contributed by atoms with Gasteiger partial charge in [-0.25, -0.2) is 0 Å². The molecule has 0 radical (unpaired) electrons. The molecule has 1 N–H and O–H groups in total. The largest absolute Gasteiger partial charge is 0.490 e. The number of ether oxygens (including phenoxy) is 1. The average Bonchev–Trinajstić information content (AvgIpc) is 2.51. The van der Waals surface area contributed by atoms with Gasteiger partial charge in [-0.1, -0.05) is 19.1 Å². The number of benzene rings is 1. The van der Waals surface area contributed by atoms with Gasteiger partial charge in [-0.2, -0.15) is 0 Å². The molecule has 2 rings (SSSR count). The van der Waals surface area contributed by atoms with Gasteiger partial charge in [0.2, 0.25) is 0 Å². The number of piperazine rings is 1. The zero-order chi connectivity index (χ0) is 17.0. The Labute approximate surface area is 140 Å². The van der Waals surface area contributed by atoms with Crippen LogP contribution in [-0.2, 0) is 0 Å². The molecular formula is C19H30N2O2. The Morgan fingerprint density at radius 3 is 2.39 bits per heavy atom. The molecule has 0 spiro atoms. The Morgan fingerprint density at radius 1 is 1.17 bits per heavy atom. The Hall–Kier alpha value is -1.39. The van der Waals surface area contributed by atoms with Crippen molar-refractivity contribution in [3.8, 4) is 5.75 Å². The van der Waals surface area contributed by atoms with Gasteiger partial charge in [-0.05, 0) is 38.8 Å². The number of nitrogens with one attached hydrogen (secondary N) is 1. The number of hydrogen-bond acceptors (Lipinski definition) is 4. The van der Waals surface area contributed by atoms with E-state index in [9.17, 15) is 4.79 Å². The van der Waals surface area contributed by atoms with Crippen LogP contribution < -0.4 is 10.1 Å². The van der Waals surface area contributed by atoms with Gasteiger partial charge >= 0.3 is 0 Å². The summed E-state index contributed by atoms with van der Waals surface area (Å²) in [6.07, 6.45) is 0.0607. The summed E-state index contributed by atoms with van der Waals surface area (Å²) in [5.41, 5.74) is 2.80. The second-order valence-electron chi connectivity index (χ2n) is 6.89. The number of Topliss-reactive ketones (excluding diaryl/α,β-unsaturated/α-hetero) is 1. The Morgan fingerprint density at radius 2 is 1.78 bits per heavy atom. The van der Waals surface area contributed by atoms with Crippen LogP contribution in [0, 0.1) is 19.8 Å². The van der Waals surface area contributed by atoms with Crippen molar-refractivity contribution in [2.75, 3.05) is 32.7 Å². The lowest BCUT2D eigenvalue weighted by Gasteiger charge is -2.29. The smallest absolute Gasteiger partial charge is 0.170 e. The van der Waals surface area contributed by atoms with Crippen molar-refractivity contribution in [1.29, 1.82) is 0 Å². The van der Waals surface area contributed by atoms with E-state index in [4.69, 9.17) is 4.74 Å². The van der Waals surface area contributed by atoms with E-state index in [0.29, 0.717) is 0 Å². The number of rotatable bonds is 6. The summed E-state index contributed by atoms with van der Waals surface area (Å²) in [6.45, 7) is 14.9. The lowest BCUT2D eigenvalue weighted by Crippen LogP contribution is -2.45. The maximum absolute atomic E-state index is 13.1. The Balaban J connectivity index is 2.21. The van der Waals surface area contributed by atoms with Crippen LogP contribution in [0.1, 0.15) is 42.3 Å². The topological polar surface area (TPSA) is 41.6 Å². The van der Waals surface area contributed by atoms with Crippen molar-refractivity contribution < 1.29 is 9.53 Å². The maximum Gasteiger partial charge on any atom is 0.170 e. The zero-order valence-electron chi connectivity index (χ0n) is 15.1. The van der Waals surface area contributed by atoms with Crippen molar-refractivity contribution in [3.05, 3.63) is 28.8 Å². The van der Waals surface area contributed by atoms with Crippen molar-refractivity contribution in [1.82, 2.24) is 10.2 Å². The summed E-state index contributed by atoms with van der Waals surface area (Å²) in [5, 5.41) is 3.35. The first-order chi connectivity index (χ1) is 10.9. The van der Waals surface area contributed by atoms with E-state index < -0.39 is 0 Å². The van der Waals surface area contributed by atoms with Gasteiger partial charge in [0, 0.05) is 38.6 Å². The molecule has 1 heterocycles. The second-order valence-corrected chi connectivity index (χ2v) is 6.89. The molecule has 1 aromatic carbocycles. The molecule has 0 saturated carbocycles. The van der Waals surface area contributed by atoms with Crippen molar-refractivity contribution in [2.24, 2.45) is 5.92 Å². The molecule has 1 atom stereocenters. The highest BCUT2D eigenvalue weighted by Crippen LogP contribution is 2.30. The summed E-state index contributed by atoms with van der Waals surface area (Å²) >= 11 is 0. The third-order valence-electron chi connectivity index (χ3n) is 4.35. The molecule has 1 fully saturated rings. The first kappa shape index (κ1) is 18.0. The lowest BCUT2D eigenvalue weighted by molar-refractivity contribution is 0.0880. The van der Waals surface area contributed by atoms with E-state index in [1.807, 2.05) is 46.8 Å². The predicted molar refractivity (Wildman–Crippen MR) is 94.5 cm³/mol. The fraction of sp³-hybridized carbons (Fsp3) is 0.632. The van der Waals surface area contributed by atoms with Gasteiger partial charge in [-0.15, -0.1) is 0 Å². The molecule has 0 bridgehead atoms. The molecule has 1 aliphatic heterocycles. The van der Waals surface area contributed by atoms with Crippen LogP contribution in [0.4, 0.5) is 0 Å². The minimum atomic E-state index is -0.0249. The molecule has 0 aromatic heterocycles. The van der Waals surface area contributed by atoms with Gasteiger partial charge in [-0.3, -0.25) is 4.79 Å². The van der Waals surface area contributed by atoms with E-state index in [2.05, 4.69) is 10.2 Å². The summed E-state index contributed by atoms with van der Waals surface area (Å²) in [6, 6.07) is 4.05. The number of carbonyl (C=O) groups is 1. The SMILES string of the molecule is Cc1ccc(C)c(C(=O)C(C)CN2CCNCC2)c1OC(C)C. The first-order valence-corrected chi connectivity index (χ1v) is 8.64. The van der Waals surface area contributed by atoms with Gasteiger partial charge in [0.25, 0.3) is 0 Å². The van der Waals surface area contributed by atoms with Crippen LogP contribution >= 0.6 is 0 Å². The normalized spacial score (nSPS) is 17.3. The van der Waals surface area contributed by atoms with Gasteiger partial charge in [0.05, 0.1) is 11.7 Å². The summed E-state index contributed by atoms with van der Waals surface area (Å²) in [7, 11) is 0. The van der Waals surface area contributed by atoms with E-state index in [-0.39, 0.29) is 17.8 Å². The van der Waals surface area contributed by atoms with Gasteiger partial charge < -0.3 is 15.0 Å². The third kappa shape index (κ3) is 4.55. The monoisotopic (exact) mass is 318 g/mol. The number of hydrogen-bond donors (Lipinski definition) is 1. The number of nitrogens with zero attached hydrogens (tertiary/aromatic N) is 1. The highest BCUT2D eigenvalue weighted by molar-refractivity contribution is 6.02. The molecule has 0 amide bonds. The van der Waals surface area contributed by atoms with Crippen molar-refractivity contribution in [2.45, 2.75) is 40.7 Å². The van der Waals surface area contributed by atoms with E-state index in [0.717, 1.165) is 55.2 Å².